The van der Waals surface area contributed by atoms with Crippen LogP contribution in [0.15, 0.2) is 12.4 Å². The van der Waals surface area contributed by atoms with E-state index in [0.717, 1.165) is 0 Å². The molecule has 0 aliphatic carbocycles. The number of fused-ring (bicyclic) bond motifs is 1. The van der Waals surface area contributed by atoms with Crippen molar-refractivity contribution in [2.75, 3.05) is 33.5 Å². The van der Waals surface area contributed by atoms with Gasteiger partial charge in [-0.15, -0.1) is 0 Å². The lowest BCUT2D eigenvalue weighted by atomic mass is 9.87. The number of nitrogens with zero attached hydrogens (tertiary/aromatic N) is 2. The molecule has 0 aromatic carbocycles. The van der Waals surface area contributed by atoms with Crippen molar-refractivity contribution in [2.45, 2.75) is 45.7 Å². The lowest BCUT2D eigenvalue weighted by molar-refractivity contribution is -0.141. The van der Waals surface area contributed by atoms with Gasteiger partial charge in [-0.2, -0.15) is 0 Å². The summed E-state index contributed by atoms with van der Waals surface area (Å²) in [5, 5.41) is 5.11. The highest BCUT2D eigenvalue weighted by Crippen LogP contribution is 2.20. The Morgan fingerprint density at radius 1 is 1.12 bits per heavy atom. The lowest BCUT2D eigenvalue weighted by Gasteiger charge is -2.23. The molecular weight excluding hydrogens is 432 g/mol. The predicted octanol–water partition coefficient (Wildman–Crippen LogP) is 0.597. The fraction of sp³-hybridized carbons (Fsp3) is 0.636. The maximum atomic E-state index is 13.0. The fourth-order valence-corrected chi connectivity index (χ4v) is 3.42. The Balaban J connectivity index is 1.96. The molecule has 2 unspecified atom stereocenters. The smallest absolute Gasteiger partial charge is 0.407 e. The number of carbonyl (C=O) groups is 4. The number of ketones is 2. The molecule has 2 atom stereocenters. The molecule has 2 amide bonds. The average molecular weight is 465 g/mol. The average Bonchev–Trinajstić information content (AvgIpc) is 2.85. The minimum atomic E-state index is -0.859. The maximum absolute atomic E-state index is 13.0. The number of ether oxygens (including phenoxy) is 3. The SMILES string of the molecule is COCCOCCOC(=O)NC(C(=O)CC1CCc2nccnc2CNC(=O)C1=O)C(C)C. The van der Waals surface area contributed by atoms with E-state index in [0.29, 0.717) is 31.0 Å². The molecule has 1 aliphatic heterocycles. The van der Waals surface area contributed by atoms with Crippen molar-refractivity contribution in [1.29, 1.82) is 0 Å². The van der Waals surface area contributed by atoms with Gasteiger partial charge in [-0.1, -0.05) is 13.8 Å². The van der Waals surface area contributed by atoms with Crippen molar-refractivity contribution in [3.63, 3.8) is 0 Å². The Labute approximate surface area is 193 Å². The number of hydrogen-bond donors (Lipinski definition) is 2. The van der Waals surface area contributed by atoms with Gasteiger partial charge < -0.3 is 24.8 Å². The normalized spacial score (nSPS) is 17.3. The Hall–Kier alpha value is -2.92. The lowest BCUT2D eigenvalue weighted by Crippen LogP contribution is -2.46. The summed E-state index contributed by atoms with van der Waals surface area (Å²) in [5.41, 5.74) is 1.28. The molecular formula is C22H32N4O7. The number of aryl methyl sites for hydroxylation is 1. The number of methoxy groups -OCH3 is 1. The second-order valence-electron chi connectivity index (χ2n) is 8.01. The molecule has 0 fully saturated rings. The highest BCUT2D eigenvalue weighted by molar-refractivity contribution is 6.37. The Bertz CT molecular complexity index is 831. The van der Waals surface area contributed by atoms with Gasteiger partial charge in [0.1, 0.15) is 6.61 Å². The molecule has 0 saturated heterocycles. The first kappa shape index (κ1) is 26.3. The first-order valence-corrected chi connectivity index (χ1v) is 11.0. The van der Waals surface area contributed by atoms with Gasteiger partial charge in [0, 0.05) is 31.8 Å². The molecule has 11 nitrogen and oxygen atoms in total. The van der Waals surface area contributed by atoms with E-state index in [1.54, 1.807) is 27.2 Å². The van der Waals surface area contributed by atoms with Crippen molar-refractivity contribution >= 4 is 23.6 Å². The van der Waals surface area contributed by atoms with E-state index < -0.39 is 29.7 Å². The van der Waals surface area contributed by atoms with Crippen molar-refractivity contribution in [2.24, 2.45) is 11.8 Å². The molecule has 2 N–H and O–H groups in total. The molecule has 2 heterocycles. The highest BCUT2D eigenvalue weighted by Gasteiger charge is 2.33. The van der Waals surface area contributed by atoms with Gasteiger partial charge in [-0.3, -0.25) is 24.4 Å². The van der Waals surface area contributed by atoms with Crippen molar-refractivity contribution in [1.82, 2.24) is 20.6 Å². The molecule has 182 valence electrons. The zero-order valence-corrected chi connectivity index (χ0v) is 19.3. The predicted molar refractivity (Wildman–Crippen MR) is 116 cm³/mol. The Morgan fingerprint density at radius 2 is 1.82 bits per heavy atom. The van der Waals surface area contributed by atoms with Crippen LogP contribution >= 0.6 is 0 Å². The topological polar surface area (TPSA) is 146 Å². The molecule has 0 spiro atoms. The summed E-state index contributed by atoms with van der Waals surface area (Å²) in [6.07, 6.45) is 2.83. The van der Waals surface area contributed by atoms with E-state index in [1.807, 2.05) is 0 Å². The van der Waals surface area contributed by atoms with Gasteiger partial charge in [0.2, 0.25) is 5.78 Å². The molecule has 2 rings (SSSR count). The number of Topliss-reactive ketones (excluding diaryl/α,β-unsaturated/α-hetero) is 2. The van der Waals surface area contributed by atoms with Gasteiger partial charge in [0.05, 0.1) is 43.8 Å². The third-order valence-corrected chi connectivity index (χ3v) is 5.23. The van der Waals surface area contributed by atoms with Gasteiger partial charge in [-0.05, 0) is 18.8 Å². The van der Waals surface area contributed by atoms with E-state index in [9.17, 15) is 19.2 Å². The van der Waals surface area contributed by atoms with Crippen LogP contribution in [-0.4, -0.2) is 73.1 Å². The monoisotopic (exact) mass is 464 g/mol. The number of alkyl carbamates (subject to hydrolysis) is 1. The number of nitrogens with one attached hydrogen (secondary N) is 2. The summed E-state index contributed by atoms with van der Waals surface area (Å²) in [5.74, 6) is -2.82. The molecule has 0 radical (unpaired) electrons. The van der Waals surface area contributed by atoms with Crippen LogP contribution in [0.4, 0.5) is 4.79 Å². The summed E-state index contributed by atoms with van der Waals surface area (Å²) < 4.78 is 15.1. The first-order valence-electron chi connectivity index (χ1n) is 11.0. The number of amides is 2. The van der Waals surface area contributed by atoms with Crippen LogP contribution in [0.2, 0.25) is 0 Å². The summed E-state index contributed by atoms with van der Waals surface area (Å²) in [6, 6.07) is -0.859. The van der Waals surface area contributed by atoms with Crippen LogP contribution in [0.3, 0.4) is 0 Å². The minimum Gasteiger partial charge on any atom is -0.447 e. The molecule has 33 heavy (non-hydrogen) atoms. The number of aromatic nitrogens is 2. The van der Waals surface area contributed by atoms with E-state index in [4.69, 9.17) is 14.2 Å². The van der Waals surface area contributed by atoms with Crippen molar-refractivity contribution in [3.05, 3.63) is 23.8 Å². The van der Waals surface area contributed by atoms with Crippen LogP contribution < -0.4 is 10.6 Å². The number of carbonyl (C=O) groups excluding carboxylic acids is 4. The Morgan fingerprint density at radius 3 is 2.52 bits per heavy atom. The molecule has 1 aromatic heterocycles. The highest BCUT2D eigenvalue weighted by atomic mass is 16.6. The van der Waals surface area contributed by atoms with Crippen molar-refractivity contribution < 1.29 is 33.4 Å². The van der Waals surface area contributed by atoms with Crippen molar-refractivity contribution in [3.8, 4) is 0 Å². The quantitative estimate of drug-likeness (QED) is 0.355. The second kappa shape index (κ2) is 13.6. The van der Waals surface area contributed by atoms with Gasteiger partial charge in [0.15, 0.2) is 5.78 Å². The van der Waals surface area contributed by atoms with Crippen LogP contribution in [0, 0.1) is 11.8 Å². The Kier molecular flexibility index (Phi) is 10.8. The summed E-state index contributed by atoms with van der Waals surface area (Å²) in [4.78, 5) is 58.6. The van der Waals surface area contributed by atoms with Crippen LogP contribution in [0.1, 0.15) is 38.1 Å². The molecule has 0 saturated carbocycles. The third kappa shape index (κ3) is 8.50. The zero-order valence-electron chi connectivity index (χ0n) is 19.3. The van der Waals surface area contributed by atoms with Gasteiger partial charge in [0.25, 0.3) is 5.91 Å². The van der Waals surface area contributed by atoms with E-state index in [2.05, 4.69) is 20.6 Å². The van der Waals surface area contributed by atoms with Crippen LogP contribution in [-0.2, 0) is 41.6 Å². The summed E-state index contributed by atoms with van der Waals surface area (Å²) >= 11 is 0. The number of rotatable bonds is 11. The molecule has 1 aromatic rings. The maximum Gasteiger partial charge on any atom is 0.407 e. The standard InChI is InChI=1S/C22H32N4O7/c1-14(2)19(26-22(30)33-11-10-32-9-8-31-3)18(27)12-15-4-5-16-17(24-7-6-23-16)13-25-21(29)20(15)28/h6-7,14-15,19H,4-5,8-13H2,1-3H3,(H,25,29)(H,26,30). The minimum absolute atomic E-state index is 0.0241. The van der Waals surface area contributed by atoms with Crippen LogP contribution in [0.5, 0.6) is 0 Å². The number of hydrogen-bond acceptors (Lipinski definition) is 9. The largest absolute Gasteiger partial charge is 0.447 e. The zero-order chi connectivity index (χ0) is 24.2. The van der Waals surface area contributed by atoms with E-state index in [1.165, 1.54) is 6.20 Å². The molecule has 0 bridgehead atoms. The van der Waals surface area contributed by atoms with E-state index in [-0.39, 0.29) is 44.3 Å². The fourth-order valence-electron chi connectivity index (χ4n) is 3.42. The van der Waals surface area contributed by atoms with E-state index >= 15 is 0 Å². The first-order chi connectivity index (χ1) is 15.8. The molecule has 11 heteroatoms. The van der Waals surface area contributed by atoms with Crippen LogP contribution in [0.25, 0.3) is 0 Å². The second-order valence-corrected chi connectivity index (χ2v) is 8.01. The van der Waals surface area contributed by atoms with Gasteiger partial charge in [-0.25, -0.2) is 4.79 Å². The van der Waals surface area contributed by atoms with Gasteiger partial charge >= 0.3 is 6.09 Å². The summed E-state index contributed by atoms with van der Waals surface area (Å²) in [6.45, 7) is 4.70. The molecule has 1 aliphatic rings. The summed E-state index contributed by atoms with van der Waals surface area (Å²) in [7, 11) is 1.56. The third-order valence-electron chi connectivity index (χ3n) is 5.23.